The summed E-state index contributed by atoms with van der Waals surface area (Å²) in [5, 5.41) is 20.5. The number of nitrogens with one attached hydrogen (secondary N) is 1. The lowest BCUT2D eigenvalue weighted by atomic mass is 9.89. The normalized spacial score (nSPS) is 23.4. The predicted molar refractivity (Wildman–Crippen MR) is 103 cm³/mol. The largest absolute Gasteiger partial charge is 0.490 e. The molecule has 0 radical (unpaired) electrons. The molecule has 2 aromatic rings. The smallest absolute Gasteiger partial charge is 0.475 e. The number of amides is 1. The van der Waals surface area contributed by atoms with Gasteiger partial charge in [0.2, 0.25) is 5.13 Å². The maximum absolute atomic E-state index is 12.2. The van der Waals surface area contributed by atoms with E-state index in [0.717, 1.165) is 42.5 Å². The van der Waals surface area contributed by atoms with E-state index in [1.165, 1.54) is 6.26 Å². The van der Waals surface area contributed by atoms with E-state index in [2.05, 4.69) is 20.4 Å². The van der Waals surface area contributed by atoms with E-state index in [-0.39, 0.29) is 17.6 Å². The van der Waals surface area contributed by atoms with Gasteiger partial charge >= 0.3 is 12.1 Å². The molecule has 4 rings (SSSR count). The van der Waals surface area contributed by atoms with Crippen molar-refractivity contribution in [3.05, 3.63) is 29.2 Å². The van der Waals surface area contributed by atoms with E-state index in [1.54, 1.807) is 23.5 Å². The van der Waals surface area contributed by atoms with Crippen molar-refractivity contribution in [2.75, 3.05) is 24.6 Å². The van der Waals surface area contributed by atoms with E-state index in [4.69, 9.17) is 19.1 Å². The molecule has 2 saturated heterocycles. The Morgan fingerprint density at radius 2 is 2.13 bits per heavy atom. The molecule has 0 bridgehead atoms. The average Bonchev–Trinajstić information content (AvgIpc) is 3.43. The SMILES string of the molecule is Cc1nnc(N2CC[C@@]3(C[C@H](NC(=O)c4ccco4)CCO3)C2)s1.O=C(O)C(F)(F)F. The van der Waals surface area contributed by atoms with E-state index < -0.39 is 12.1 Å². The molecular weight excluding hydrogens is 441 g/mol. The highest BCUT2D eigenvalue weighted by Gasteiger charge is 2.44. The number of aryl methyl sites for hydroxylation is 1. The van der Waals surface area contributed by atoms with Gasteiger partial charge in [0.1, 0.15) is 5.01 Å². The molecule has 2 aromatic heterocycles. The number of carbonyl (C=O) groups is 2. The Hall–Kier alpha value is -2.67. The number of furan rings is 1. The van der Waals surface area contributed by atoms with Crippen LogP contribution in [0.5, 0.6) is 0 Å². The number of anilines is 1. The predicted octanol–water partition coefficient (Wildman–Crippen LogP) is 2.63. The highest BCUT2D eigenvalue weighted by Crippen LogP contribution is 2.37. The third-order valence-corrected chi connectivity index (χ3v) is 5.82. The number of hydrogen-bond acceptors (Lipinski definition) is 8. The second kappa shape index (κ2) is 9.22. The molecule has 2 aliphatic heterocycles. The first-order valence-electron chi connectivity index (χ1n) is 9.41. The van der Waals surface area contributed by atoms with Gasteiger partial charge in [-0.25, -0.2) is 4.79 Å². The molecule has 9 nitrogen and oxygen atoms in total. The van der Waals surface area contributed by atoms with Gasteiger partial charge in [-0.1, -0.05) is 11.3 Å². The Kier molecular flexibility index (Phi) is 6.84. The number of carboxylic acids is 1. The molecule has 2 aliphatic rings. The van der Waals surface area contributed by atoms with Crippen LogP contribution in [0.3, 0.4) is 0 Å². The van der Waals surface area contributed by atoms with Crippen LogP contribution < -0.4 is 10.2 Å². The standard InChI is InChI=1S/C16H20N4O3S.C2HF3O2/c1-11-18-19-15(24-11)20-6-5-16(10-20)9-12(4-8-23-16)17-14(21)13-3-2-7-22-13;3-2(4,5)1(6)7/h2-3,7,12H,4-6,8-10H2,1H3,(H,17,21);(H,6,7)/t12-,16-;/m1./s1. The molecule has 2 N–H and O–H groups in total. The average molecular weight is 462 g/mol. The molecular formula is C18H21F3N4O5S. The summed E-state index contributed by atoms with van der Waals surface area (Å²) in [5.41, 5.74) is -0.209. The third-order valence-electron chi connectivity index (χ3n) is 4.92. The molecule has 31 heavy (non-hydrogen) atoms. The lowest BCUT2D eigenvalue weighted by Gasteiger charge is -2.38. The lowest BCUT2D eigenvalue weighted by Crippen LogP contribution is -2.50. The van der Waals surface area contributed by atoms with Crippen LogP contribution in [-0.2, 0) is 9.53 Å². The highest BCUT2D eigenvalue weighted by molar-refractivity contribution is 7.15. The summed E-state index contributed by atoms with van der Waals surface area (Å²) in [6.45, 7) is 4.33. The number of aliphatic carboxylic acids is 1. The van der Waals surface area contributed by atoms with Gasteiger partial charge in [0, 0.05) is 25.7 Å². The maximum Gasteiger partial charge on any atom is 0.490 e. The van der Waals surface area contributed by atoms with Gasteiger partial charge in [0.25, 0.3) is 5.91 Å². The molecule has 1 amide bonds. The van der Waals surface area contributed by atoms with E-state index in [0.29, 0.717) is 12.4 Å². The van der Waals surface area contributed by atoms with Crippen molar-refractivity contribution in [2.45, 2.75) is 44.0 Å². The van der Waals surface area contributed by atoms with Crippen molar-refractivity contribution in [1.82, 2.24) is 15.5 Å². The summed E-state index contributed by atoms with van der Waals surface area (Å²) in [4.78, 5) is 23.3. The van der Waals surface area contributed by atoms with Crippen molar-refractivity contribution in [3.63, 3.8) is 0 Å². The number of ether oxygens (including phenoxy) is 1. The summed E-state index contributed by atoms with van der Waals surface area (Å²) in [6, 6.07) is 3.51. The highest BCUT2D eigenvalue weighted by atomic mass is 32.1. The van der Waals surface area contributed by atoms with Crippen molar-refractivity contribution >= 4 is 28.3 Å². The quantitative estimate of drug-likeness (QED) is 0.715. The Morgan fingerprint density at radius 3 is 2.71 bits per heavy atom. The number of carboxylic acid groups (broad SMARTS) is 1. The number of aromatic nitrogens is 2. The Morgan fingerprint density at radius 1 is 1.39 bits per heavy atom. The first-order valence-corrected chi connectivity index (χ1v) is 10.2. The fourth-order valence-electron chi connectivity index (χ4n) is 3.52. The van der Waals surface area contributed by atoms with Crippen LogP contribution in [0.1, 0.15) is 34.8 Å². The Labute approximate surface area is 179 Å². The molecule has 2 atom stereocenters. The van der Waals surface area contributed by atoms with Gasteiger partial charge in [-0.15, -0.1) is 10.2 Å². The zero-order valence-electron chi connectivity index (χ0n) is 16.5. The number of carbonyl (C=O) groups excluding carboxylic acids is 1. The first-order chi connectivity index (χ1) is 14.6. The second-order valence-electron chi connectivity index (χ2n) is 7.25. The summed E-state index contributed by atoms with van der Waals surface area (Å²) in [6.07, 6.45) is -0.988. The lowest BCUT2D eigenvalue weighted by molar-refractivity contribution is -0.192. The first kappa shape index (κ1) is 23.0. The molecule has 0 aromatic carbocycles. The van der Waals surface area contributed by atoms with Crippen molar-refractivity contribution < 1.29 is 37.0 Å². The van der Waals surface area contributed by atoms with Gasteiger partial charge in [0.05, 0.1) is 11.9 Å². The monoisotopic (exact) mass is 462 g/mol. The van der Waals surface area contributed by atoms with Crippen LogP contribution >= 0.6 is 11.3 Å². The third kappa shape index (κ3) is 5.94. The molecule has 0 unspecified atom stereocenters. The van der Waals surface area contributed by atoms with Crippen LogP contribution in [0.25, 0.3) is 0 Å². The number of rotatable bonds is 3. The minimum Gasteiger partial charge on any atom is -0.475 e. The minimum absolute atomic E-state index is 0.104. The van der Waals surface area contributed by atoms with E-state index in [1.807, 2.05) is 6.92 Å². The Bertz CT molecular complexity index is 904. The number of halogens is 3. The van der Waals surface area contributed by atoms with Crippen LogP contribution in [0, 0.1) is 6.92 Å². The second-order valence-corrected chi connectivity index (χ2v) is 8.41. The molecule has 4 heterocycles. The topological polar surface area (TPSA) is 118 Å². The number of nitrogens with zero attached hydrogens (tertiary/aromatic N) is 3. The fraction of sp³-hybridized carbons (Fsp3) is 0.556. The van der Waals surface area contributed by atoms with Crippen LogP contribution in [0.15, 0.2) is 22.8 Å². The van der Waals surface area contributed by atoms with E-state index >= 15 is 0 Å². The van der Waals surface area contributed by atoms with Crippen LogP contribution in [0.2, 0.25) is 0 Å². The number of hydrogen-bond donors (Lipinski definition) is 2. The minimum atomic E-state index is -5.08. The van der Waals surface area contributed by atoms with Gasteiger partial charge < -0.3 is 24.5 Å². The zero-order valence-corrected chi connectivity index (χ0v) is 17.3. The van der Waals surface area contributed by atoms with Crippen molar-refractivity contribution in [2.24, 2.45) is 0 Å². The summed E-state index contributed by atoms with van der Waals surface area (Å²) in [7, 11) is 0. The van der Waals surface area contributed by atoms with Gasteiger partial charge in [0.15, 0.2) is 5.76 Å². The summed E-state index contributed by atoms with van der Waals surface area (Å²) < 4.78 is 43.0. The van der Waals surface area contributed by atoms with Gasteiger partial charge in [-0.2, -0.15) is 13.2 Å². The van der Waals surface area contributed by atoms with E-state index in [9.17, 15) is 18.0 Å². The van der Waals surface area contributed by atoms with Crippen LogP contribution in [-0.4, -0.2) is 64.7 Å². The Balaban J connectivity index is 0.000000339. The molecule has 0 saturated carbocycles. The summed E-state index contributed by atoms with van der Waals surface area (Å²) in [5.74, 6) is -2.56. The zero-order chi connectivity index (χ0) is 22.6. The molecule has 2 fully saturated rings. The number of alkyl halides is 3. The van der Waals surface area contributed by atoms with Crippen molar-refractivity contribution in [1.29, 1.82) is 0 Å². The molecule has 0 aliphatic carbocycles. The van der Waals surface area contributed by atoms with Crippen LogP contribution in [0.4, 0.5) is 18.3 Å². The molecule has 13 heteroatoms. The fourth-order valence-corrected chi connectivity index (χ4v) is 4.23. The molecule has 1 spiro atoms. The van der Waals surface area contributed by atoms with Gasteiger partial charge in [-0.3, -0.25) is 4.79 Å². The van der Waals surface area contributed by atoms with Crippen molar-refractivity contribution in [3.8, 4) is 0 Å². The van der Waals surface area contributed by atoms with Gasteiger partial charge in [-0.05, 0) is 38.3 Å². The molecule has 170 valence electrons. The summed E-state index contributed by atoms with van der Waals surface area (Å²) >= 11 is 1.61. The maximum atomic E-state index is 12.2.